The van der Waals surface area contributed by atoms with Gasteiger partial charge in [-0.2, -0.15) is 5.10 Å². The lowest BCUT2D eigenvalue weighted by molar-refractivity contribution is -0.128. The van der Waals surface area contributed by atoms with Gasteiger partial charge in [0.15, 0.2) is 11.5 Å². The van der Waals surface area contributed by atoms with Crippen molar-refractivity contribution < 1.29 is 14.3 Å². The van der Waals surface area contributed by atoms with Crippen LogP contribution in [-0.2, 0) is 11.2 Å². The highest BCUT2D eigenvalue weighted by Crippen LogP contribution is 2.37. The van der Waals surface area contributed by atoms with Gasteiger partial charge in [-0.3, -0.25) is 4.79 Å². The molecular formula is C19H19N3O3. The number of hydrogen-bond donors (Lipinski definition) is 1. The van der Waals surface area contributed by atoms with Crippen molar-refractivity contribution in [1.29, 1.82) is 0 Å². The van der Waals surface area contributed by atoms with Crippen molar-refractivity contribution in [3.63, 3.8) is 0 Å². The van der Waals surface area contributed by atoms with E-state index in [0.717, 1.165) is 39.4 Å². The molecule has 25 heavy (non-hydrogen) atoms. The molecule has 6 heteroatoms. The fourth-order valence-corrected chi connectivity index (χ4v) is 3.13. The van der Waals surface area contributed by atoms with Gasteiger partial charge in [-0.05, 0) is 48.7 Å². The number of nitrogens with zero attached hydrogens (tertiary/aromatic N) is 2. The van der Waals surface area contributed by atoms with Gasteiger partial charge in [0.2, 0.25) is 12.7 Å². The summed E-state index contributed by atoms with van der Waals surface area (Å²) in [6, 6.07) is 9.72. The van der Waals surface area contributed by atoms with Gasteiger partial charge in [0, 0.05) is 30.3 Å². The molecule has 0 atom stereocenters. The predicted molar refractivity (Wildman–Crippen MR) is 94.9 cm³/mol. The van der Waals surface area contributed by atoms with Crippen molar-refractivity contribution in [2.24, 2.45) is 5.10 Å². The van der Waals surface area contributed by atoms with E-state index in [2.05, 4.69) is 5.10 Å². The minimum Gasteiger partial charge on any atom is -0.454 e. The molecule has 2 aliphatic heterocycles. The summed E-state index contributed by atoms with van der Waals surface area (Å²) in [4.78, 5) is 12.0. The van der Waals surface area contributed by atoms with Crippen LogP contribution in [0.1, 0.15) is 29.2 Å². The second-order valence-electron chi connectivity index (χ2n) is 6.27. The highest BCUT2D eigenvalue weighted by atomic mass is 16.7. The molecule has 0 bridgehead atoms. The minimum atomic E-state index is -0.0856. The quantitative estimate of drug-likeness (QED) is 0.811. The second-order valence-corrected chi connectivity index (χ2v) is 6.27. The summed E-state index contributed by atoms with van der Waals surface area (Å²) in [7, 11) is 0. The molecular weight excluding hydrogens is 318 g/mol. The van der Waals surface area contributed by atoms with Crippen molar-refractivity contribution in [3.8, 4) is 11.5 Å². The first-order valence-electron chi connectivity index (χ1n) is 8.19. The van der Waals surface area contributed by atoms with Crippen LogP contribution >= 0.6 is 0 Å². The molecule has 2 N–H and O–H groups in total. The second kappa shape index (κ2) is 5.81. The summed E-state index contributed by atoms with van der Waals surface area (Å²) < 4.78 is 11.0. The highest BCUT2D eigenvalue weighted by Gasteiger charge is 2.25. The number of carbonyl (C=O) groups is 1. The van der Waals surface area contributed by atoms with Crippen LogP contribution in [0, 0.1) is 6.92 Å². The average molecular weight is 337 g/mol. The van der Waals surface area contributed by atoms with Crippen molar-refractivity contribution in [2.45, 2.75) is 20.3 Å². The number of nitrogen functional groups attached to an aromatic ring is 1. The van der Waals surface area contributed by atoms with Crippen LogP contribution in [0.2, 0.25) is 0 Å². The van der Waals surface area contributed by atoms with Crippen molar-refractivity contribution >= 4 is 17.3 Å². The average Bonchev–Trinajstić information content (AvgIpc) is 2.95. The van der Waals surface area contributed by atoms with E-state index in [0.29, 0.717) is 18.7 Å². The Morgan fingerprint density at radius 2 is 1.96 bits per heavy atom. The molecule has 4 rings (SSSR count). The summed E-state index contributed by atoms with van der Waals surface area (Å²) >= 11 is 0. The molecule has 0 radical (unpaired) electrons. The molecule has 2 aromatic rings. The van der Waals surface area contributed by atoms with Gasteiger partial charge in [-0.1, -0.05) is 6.07 Å². The minimum absolute atomic E-state index is 0.0856. The monoisotopic (exact) mass is 337 g/mol. The Labute approximate surface area is 145 Å². The first-order chi connectivity index (χ1) is 12.0. The standard InChI is InChI=1S/C19H19N3O3/c1-11-7-14(3-4-16(11)20)19-15-9-18-17(24-10-25-18)8-13(15)5-6-22(21-19)12(2)23/h3-4,7-9H,5-6,10,20H2,1-2H3. The molecule has 0 fully saturated rings. The van der Waals surface area contributed by atoms with E-state index in [1.165, 1.54) is 11.9 Å². The molecule has 0 unspecified atom stereocenters. The predicted octanol–water partition coefficient (Wildman–Crippen LogP) is 2.46. The largest absolute Gasteiger partial charge is 0.454 e. The smallest absolute Gasteiger partial charge is 0.239 e. The van der Waals surface area contributed by atoms with Gasteiger partial charge >= 0.3 is 0 Å². The third kappa shape index (κ3) is 2.69. The maximum absolute atomic E-state index is 12.0. The van der Waals surface area contributed by atoms with E-state index in [4.69, 9.17) is 15.2 Å². The Bertz CT molecular complexity index is 905. The molecule has 0 saturated carbocycles. The maximum Gasteiger partial charge on any atom is 0.239 e. The molecule has 2 aromatic carbocycles. The number of rotatable bonds is 1. The lowest BCUT2D eigenvalue weighted by Gasteiger charge is -2.14. The van der Waals surface area contributed by atoms with Crippen LogP contribution in [0.25, 0.3) is 0 Å². The molecule has 0 saturated heterocycles. The van der Waals surface area contributed by atoms with Gasteiger partial charge in [-0.25, -0.2) is 5.01 Å². The lowest BCUT2D eigenvalue weighted by atomic mass is 9.94. The van der Waals surface area contributed by atoms with Crippen LogP contribution in [0.15, 0.2) is 35.4 Å². The van der Waals surface area contributed by atoms with Crippen molar-refractivity contribution in [3.05, 3.63) is 52.6 Å². The Balaban J connectivity index is 1.91. The van der Waals surface area contributed by atoms with E-state index in [1.54, 1.807) is 0 Å². The number of carbonyl (C=O) groups excluding carboxylic acids is 1. The van der Waals surface area contributed by atoms with E-state index < -0.39 is 0 Å². The molecule has 128 valence electrons. The van der Waals surface area contributed by atoms with Gasteiger partial charge in [0.25, 0.3) is 0 Å². The zero-order valence-electron chi connectivity index (χ0n) is 14.2. The first-order valence-corrected chi connectivity index (χ1v) is 8.19. The van der Waals surface area contributed by atoms with E-state index >= 15 is 0 Å². The zero-order chi connectivity index (χ0) is 17.6. The number of nitrogens with two attached hydrogens (primary N) is 1. The SMILES string of the molecule is CC(=O)N1CCc2cc3c(cc2C(c2ccc(N)c(C)c2)=N1)OCO3. The topological polar surface area (TPSA) is 77.2 Å². The number of aryl methyl sites for hydroxylation is 1. The van der Waals surface area contributed by atoms with Crippen LogP contribution < -0.4 is 15.2 Å². The Morgan fingerprint density at radius 1 is 1.20 bits per heavy atom. The van der Waals surface area contributed by atoms with Crippen molar-refractivity contribution in [2.75, 3.05) is 19.1 Å². The fraction of sp³-hybridized carbons (Fsp3) is 0.263. The van der Waals surface area contributed by atoms with E-state index in [1.807, 2.05) is 37.3 Å². The Hall–Kier alpha value is -3.02. The van der Waals surface area contributed by atoms with Gasteiger partial charge in [-0.15, -0.1) is 0 Å². The van der Waals surface area contributed by atoms with E-state index in [-0.39, 0.29) is 12.7 Å². The Kier molecular flexibility index (Phi) is 3.60. The van der Waals surface area contributed by atoms with Gasteiger partial charge < -0.3 is 15.2 Å². The Morgan fingerprint density at radius 3 is 2.68 bits per heavy atom. The maximum atomic E-state index is 12.0. The van der Waals surface area contributed by atoms with Crippen molar-refractivity contribution in [1.82, 2.24) is 5.01 Å². The summed E-state index contributed by atoms with van der Waals surface area (Å²) in [5, 5.41) is 6.15. The number of anilines is 1. The molecule has 6 nitrogen and oxygen atoms in total. The summed E-state index contributed by atoms with van der Waals surface area (Å²) in [5.41, 5.74) is 11.4. The summed E-state index contributed by atoms with van der Waals surface area (Å²) in [6.07, 6.45) is 0.701. The summed E-state index contributed by atoms with van der Waals surface area (Å²) in [5.74, 6) is 1.36. The fourth-order valence-electron chi connectivity index (χ4n) is 3.13. The third-order valence-electron chi connectivity index (χ3n) is 4.57. The number of fused-ring (bicyclic) bond motifs is 2. The highest BCUT2D eigenvalue weighted by molar-refractivity contribution is 6.14. The number of hydrogen-bond acceptors (Lipinski definition) is 5. The number of amides is 1. The normalized spacial score (nSPS) is 15.4. The summed E-state index contributed by atoms with van der Waals surface area (Å²) in [6.45, 7) is 4.24. The van der Waals surface area contributed by atoms with Crippen LogP contribution in [0.5, 0.6) is 11.5 Å². The molecule has 1 amide bonds. The first kappa shape index (κ1) is 15.5. The lowest BCUT2D eigenvalue weighted by Crippen LogP contribution is -2.25. The number of ether oxygens (including phenoxy) is 2. The number of benzene rings is 2. The van der Waals surface area contributed by atoms with Crippen LogP contribution in [0.4, 0.5) is 5.69 Å². The zero-order valence-corrected chi connectivity index (χ0v) is 14.2. The van der Waals surface area contributed by atoms with Gasteiger partial charge in [0.05, 0.1) is 5.71 Å². The van der Waals surface area contributed by atoms with Crippen LogP contribution in [0.3, 0.4) is 0 Å². The molecule has 0 aromatic heterocycles. The molecule has 2 aliphatic rings. The van der Waals surface area contributed by atoms with Crippen LogP contribution in [-0.4, -0.2) is 30.0 Å². The molecule has 2 heterocycles. The van der Waals surface area contributed by atoms with E-state index in [9.17, 15) is 4.79 Å². The number of hydrazone groups is 1. The van der Waals surface area contributed by atoms with Gasteiger partial charge in [0.1, 0.15) is 0 Å². The molecule has 0 aliphatic carbocycles. The third-order valence-corrected chi connectivity index (χ3v) is 4.57. The molecule has 0 spiro atoms.